The van der Waals surface area contributed by atoms with E-state index in [1.54, 1.807) is 139 Å². The smallest absolute Gasteiger partial charge is 0.308 e. The molecule has 0 spiro atoms. The summed E-state index contributed by atoms with van der Waals surface area (Å²) in [5, 5.41) is 66.1. The fourth-order valence-corrected chi connectivity index (χ4v) is 14.3. The largest absolute Gasteiger partial charge is 0.497 e. The lowest BCUT2D eigenvalue weighted by atomic mass is 9.94. The van der Waals surface area contributed by atoms with Gasteiger partial charge in [-0.25, -0.2) is 25.4 Å². The van der Waals surface area contributed by atoms with Crippen LogP contribution in [0.1, 0.15) is 98.5 Å². The number of fused-ring (bicyclic) bond motifs is 1. The van der Waals surface area contributed by atoms with Crippen LogP contribution in [0.3, 0.4) is 0 Å². The molecule has 3 aliphatic rings. The molecule has 0 saturated carbocycles. The summed E-state index contributed by atoms with van der Waals surface area (Å²) >= 11 is 7.61. The molecule has 0 aliphatic carbocycles. The van der Waals surface area contributed by atoms with E-state index in [2.05, 4.69) is 51.3 Å². The molecule has 4 aromatic carbocycles. The number of benzene rings is 4. The molecule has 10 N–H and O–H groups in total. The number of aromatic nitrogens is 7. The van der Waals surface area contributed by atoms with Crippen LogP contribution in [0.2, 0.25) is 5.02 Å². The maximum Gasteiger partial charge on any atom is 0.308 e. The van der Waals surface area contributed by atoms with E-state index in [1.807, 2.05) is 102 Å². The number of halogens is 1. The quantitative estimate of drug-likeness (QED) is 0.0117. The molecule has 6 amide bonds. The van der Waals surface area contributed by atoms with Crippen molar-refractivity contribution < 1.29 is 85.9 Å². The average molecular weight is 1740 g/mol. The Kier molecular flexibility index (Phi) is 31.8. The number of thiazole rings is 1. The van der Waals surface area contributed by atoms with Crippen molar-refractivity contribution in [1.29, 1.82) is 5.26 Å². The maximum atomic E-state index is 12.8. The summed E-state index contributed by atoms with van der Waals surface area (Å²) in [6.07, 6.45) is 10.6. The molecule has 2 saturated heterocycles. The van der Waals surface area contributed by atoms with Gasteiger partial charge in [-0.05, 0) is 172 Å². The molecule has 34 nitrogen and oxygen atoms in total. The number of piperidine rings is 1. The van der Waals surface area contributed by atoms with Crippen molar-refractivity contribution in [3.63, 3.8) is 0 Å². The number of methoxy groups -OCH3 is 2. The normalized spacial score (nSPS) is 16.3. The molecule has 15 rings (SSSR count). The van der Waals surface area contributed by atoms with Gasteiger partial charge in [0.05, 0.1) is 87.5 Å². The van der Waals surface area contributed by atoms with Crippen molar-refractivity contribution >= 4 is 99.7 Å². The van der Waals surface area contributed by atoms with E-state index in [9.17, 15) is 54.1 Å². The van der Waals surface area contributed by atoms with Crippen molar-refractivity contribution in [3.8, 4) is 51.6 Å². The highest BCUT2D eigenvalue weighted by atomic mass is 35.5. The van der Waals surface area contributed by atoms with E-state index in [0.717, 1.165) is 48.5 Å². The molecule has 0 bridgehead atoms. The standard InChI is InChI=1S/C22H19ClN2O3.C22H29N7O5.C19H20N2O4.C13H10N4O3.C13H13NO3S/c1-4-10-25-21(26)17(13(2)18(12-24)22(25)27)11-15-8-9-20(28-15)16-6-5-7-19(23)14(16)3;1-28(2)19-17-20(25-10-24-19)29(11-26-17)22-18(31)16(15(9-30)34-22)27-21(32)14(23)8-12-4-6-13(33-3)7-5-12;22-15-8-10-21(11-9-15)19(24)17(13-16-7-4-12-25-16)20-18(23)14-5-2-1-3-6-14;18-13(17-14-8-9-3-1-5-19-9)11-7-10(15-16-11)12-4-2-6-20-12;1-8-14-13(11(18-8)7-12(15)16)9-3-5-10(17-2)6-4-9/h5-9,11H,4,10H2,1-3H3;4-7,10-11,14-16,18,22,30-31H,8-9,23H2,1-3H3,(H,27,32);1-7,12-13,15,22H,8-11H2,(H,20,23);1-8H,(H,15,16)(H,17,18);3-6H,7H2,1-2H3,(H,15,16)/b17-11+;;17-13-;14-8+;/t;14-,15-,16+,18+,22-;;;/m.1.../s1. The number of carbonyl (C=O) groups is 7. The van der Waals surface area contributed by atoms with Gasteiger partial charge >= 0.3 is 5.97 Å². The van der Waals surface area contributed by atoms with Crippen molar-refractivity contribution in [2.24, 2.45) is 10.8 Å². The first-order valence-electron chi connectivity index (χ1n) is 39.2. The third kappa shape index (κ3) is 23.5. The van der Waals surface area contributed by atoms with E-state index in [0.29, 0.717) is 112 Å². The SMILES string of the molecule is CCCN1C(=O)C(C#N)=C(C)/C(=C\c2ccc(-c3cccc(Cl)c3C)o2)C1=O.COc1ccc(-c2nc(C)sc2CC(=O)O)cc1.COc1ccc(C[C@@H](N)C(=O)N[C@@H]2[C@H](O)[C@H](n3cnc4c(N(C)C)ncnc43)O[C@@H]2CO)cc1.O=C(N/C(=C\c1ccco1)C(=O)N1CCC(O)CC1)c1ccccc1.O=C(N/N=C/c1ccco1)c1cc(-c2ccco2)[nH]n1. The minimum atomic E-state index is -1.18. The van der Waals surface area contributed by atoms with Gasteiger partial charge in [-0.2, -0.15) is 15.5 Å². The first kappa shape index (κ1) is 91.5. The van der Waals surface area contributed by atoms with E-state index < -0.39 is 66.7 Å². The number of imidazole rings is 1. The van der Waals surface area contributed by atoms with Gasteiger partial charge in [0.2, 0.25) is 5.91 Å². The second kappa shape index (κ2) is 43.5. The fourth-order valence-electron chi connectivity index (χ4n) is 13.2. The summed E-state index contributed by atoms with van der Waals surface area (Å²) in [5.74, 6) is 1.47. The zero-order chi connectivity index (χ0) is 89.4. The molecule has 648 valence electrons. The summed E-state index contributed by atoms with van der Waals surface area (Å²) in [4.78, 5) is 108. The Bertz CT molecular complexity index is 5870. The summed E-state index contributed by atoms with van der Waals surface area (Å²) in [6, 6.07) is 44.7. The lowest BCUT2D eigenvalue weighted by Gasteiger charge is -2.30. The average Bonchev–Trinajstić information content (AvgIpc) is 1.63. The number of aliphatic hydroxyl groups excluding tert-OH is 3. The molecule has 3 aliphatic heterocycles. The number of H-pyrrole nitrogens is 1. The number of nitriles is 1. The minimum absolute atomic E-state index is 0.00681. The number of aliphatic carboxylic acids is 1. The lowest BCUT2D eigenvalue weighted by Crippen LogP contribution is -2.53. The van der Waals surface area contributed by atoms with Gasteiger partial charge in [0.15, 0.2) is 34.7 Å². The molecule has 5 atom stereocenters. The number of carbonyl (C=O) groups excluding carboxylic acids is 6. The second-order valence-corrected chi connectivity index (χ2v) is 30.2. The number of ether oxygens (including phenoxy) is 3. The molecule has 36 heteroatoms. The van der Waals surface area contributed by atoms with Crippen LogP contribution in [0.15, 0.2) is 228 Å². The molecule has 12 aromatic rings. The highest BCUT2D eigenvalue weighted by Gasteiger charge is 2.46. The minimum Gasteiger partial charge on any atom is -0.497 e. The molecule has 8 aromatic heterocycles. The third-order valence-corrected chi connectivity index (χ3v) is 21.0. The number of aromatic amines is 1. The van der Waals surface area contributed by atoms with Gasteiger partial charge in [-0.15, -0.1) is 11.3 Å². The Morgan fingerprint density at radius 3 is 2.14 bits per heavy atom. The molecule has 0 unspecified atom stereocenters. The van der Waals surface area contributed by atoms with Crippen LogP contribution in [-0.2, 0) is 41.6 Å². The number of hydrogen-bond donors (Lipinski definition) is 9. The zero-order valence-electron chi connectivity index (χ0n) is 69.2. The van der Waals surface area contributed by atoms with Crippen molar-refractivity contribution in [2.75, 3.05) is 59.5 Å². The number of furan rings is 4. The second-order valence-electron chi connectivity index (χ2n) is 28.5. The Labute approximate surface area is 725 Å². The van der Waals surface area contributed by atoms with E-state index >= 15 is 0 Å². The topological polar surface area (TPSA) is 474 Å². The number of anilines is 1. The van der Waals surface area contributed by atoms with Gasteiger partial charge < -0.3 is 78.5 Å². The number of hydrogen-bond acceptors (Lipinski definition) is 27. The number of amides is 6. The van der Waals surface area contributed by atoms with Gasteiger partial charge in [0, 0.05) is 78.0 Å². The molecule has 0 radical (unpaired) electrons. The van der Waals surface area contributed by atoms with Crippen LogP contribution in [0.4, 0.5) is 5.82 Å². The summed E-state index contributed by atoms with van der Waals surface area (Å²) in [6.45, 7) is 8.02. The zero-order valence-corrected chi connectivity index (χ0v) is 70.7. The number of imide groups is 1. The van der Waals surface area contributed by atoms with Gasteiger partial charge in [-0.1, -0.05) is 61.0 Å². The van der Waals surface area contributed by atoms with Crippen LogP contribution in [0.25, 0.3) is 57.4 Å². The van der Waals surface area contributed by atoms with E-state index in [1.165, 1.54) is 48.8 Å². The van der Waals surface area contributed by atoms with Crippen LogP contribution >= 0.6 is 22.9 Å². The molecule has 125 heavy (non-hydrogen) atoms. The summed E-state index contributed by atoms with van der Waals surface area (Å²) in [5.41, 5.74) is 15.8. The molecule has 11 heterocycles. The van der Waals surface area contributed by atoms with Gasteiger partial charge in [-0.3, -0.25) is 48.1 Å². The Balaban J connectivity index is 0.000000154. The molecule has 2 fully saturated rings. The first-order valence-corrected chi connectivity index (χ1v) is 40.4. The number of hydrazone groups is 1. The number of aliphatic hydroxyl groups is 3. The van der Waals surface area contributed by atoms with Crippen LogP contribution in [-0.4, -0.2) is 198 Å². The number of carboxylic acids is 1. The van der Waals surface area contributed by atoms with Crippen LogP contribution < -0.4 is 36.2 Å². The number of nitrogens with zero attached hydrogens (tertiary/aromatic N) is 11. The Morgan fingerprint density at radius 1 is 0.816 bits per heavy atom. The van der Waals surface area contributed by atoms with Crippen LogP contribution in [0.5, 0.6) is 11.5 Å². The predicted molar refractivity (Wildman–Crippen MR) is 463 cm³/mol. The van der Waals surface area contributed by atoms with Crippen molar-refractivity contribution in [2.45, 2.75) is 96.4 Å². The highest BCUT2D eigenvalue weighted by Crippen LogP contribution is 2.36. The monoisotopic (exact) mass is 1740 g/mol. The number of likely N-dealkylation sites (tertiary alicyclic amines) is 1. The highest BCUT2D eigenvalue weighted by molar-refractivity contribution is 7.12. The van der Waals surface area contributed by atoms with Gasteiger partial charge in [0.25, 0.3) is 29.5 Å². The van der Waals surface area contributed by atoms with E-state index in [-0.39, 0.29) is 53.4 Å². The van der Waals surface area contributed by atoms with Crippen LogP contribution in [0, 0.1) is 25.2 Å². The fraction of sp³-hybridized carbons (Fsp3) is 0.258. The lowest BCUT2D eigenvalue weighted by molar-refractivity contribution is -0.140. The summed E-state index contributed by atoms with van der Waals surface area (Å²) < 4.78 is 39.1. The molecular weight excluding hydrogens is 1650 g/mol. The number of nitrogens with one attached hydrogen (secondary N) is 4. The first-order chi connectivity index (χ1) is 60.3. The number of carboxylic acid groups (broad SMARTS) is 1. The van der Waals surface area contributed by atoms with Gasteiger partial charge in [0.1, 0.15) is 76.1 Å². The molecular formula is C89H91ClN16O18S. The Morgan fingerprint density at radius 2 is 1.50 bits per heavy atom. The number of aryl methyl sites for hydroxylation is 1. The number of rotatable bonds is 24. The van der Waals surface area contributed by atoms with E-state index in [4.69, 9.17) is 54.3 Å². The number of nitrogens with two attached hydrogens (primary N) is 1. The Hall–Kier alpha value is -14.3. The predicted octanol–water partition coefficient (Wildman–Crippen LogP) is 10.9. The van der Waals surface area contributed by atoms with Crippen molar-refractivity contribution in [1.82, 2.24) is 60.6 Å². The maximum absolute atomic E-state index is 12.8. The summed E-state index contributed by atoms with van der Waals surface area (Å²) in [7, 11) is 6.86. The van der Waals surface area contributed by atoms with Crippen molar-refractivity contribution in [3.05, 3.63) is 260 Å². The third-order valence-electron chi connectivity index (χ3n) is 19.6.